The van der Waals surface area contributed by atoms with Crippen molar-refractivity contribution in [2.75, 3.05) is 46.9 Å². The van der Waals surface area contributed by atoms with Gasteiger partial charge in [-0.15, -0.1) is 0 Å². The van der Waals surface area contributed by atoms with Crippen LogP contribution in [0.5, 0.6) is 0 Å². The summed E-state index contributed by atoms with van der Waals surface area (Å²) in [6.07, 6.45) is 0.705. The van der Waals surface area contributed by atoms with Gasteiger partial charge < -0.3 is 20.0 Å². The molecule has 0 aliphatic carbocycles. The van der Waals surface area contributed by atoms with Crippen LogP contribution < -0.4 is 0 Å². The van der Waals surface area contributed by atoms with Gasteiger partial charge in [0, 0.05) is 19.7 Å². The third-order valence-electron chi connectivity index (χ3n) is 2.16. The second-order valence-electron chi connectivity index (χ2n) is 4.22. The average molecular weight is 234 g/mol. The highest BCUT2D eigenvalue weighted by Crippen LogP contribution is 1.88. The van der Waals surface area contributed by atoms with E-state index in [0.29, 0.717) is 6.61 Å². The number of aliphatic hydroxyl groups is 2. The molecule has 2 N–H and O–H groups in total. The smallest absolute Gasteiger partial charge is 0.0638 e. The Morgan fingerprint density at radius 3 is 1.81 bits per heavy atom. The molecule has 1 unspecified atom stereocenters. The number of hydrogen-bond donors (Lipinski definition) is 2. The van der Waals surface area contributed by atoms with Gasteiger partial charge in [0.1, 0.15) is 0 Å². The van der Waals surface area contributed by atoms with Crippen LogP contribution >= 0.6 is 0 Å². The van der Waals surface area contributed by atoms with E-state index in [1.54, 1.807) is 6.92 Å². The highest BCUT2D eigenvalue weighted by atomic mass is 16.3. The largest absolute Gasteiger partial charge is 0.396 e. The van der Waals surface area contributed by atoms with Crippen LogP contribution in [-0.2, 0) is 0 Å². The predicted octanol–water partition coefficient (Wildman–Crippen LogP) is 0.639. The zero-order valence-electron chi connectivity index (χ0n) is 11.6. The molecule has 0 aromatic heterocycles. The number of hydrogen-bond acceptors (Lipinski definition) is 4. The molecule has 0 spiro atoms. The molecule has 0 fully saturated rings. The number of nitrogens with zero attached hydrogens (tertiary/aromatic N) is 2. The predicted molar refractivity (Wildman–Crippen MR) is 69.7 cm³/mol. The normalized spacial score (nSPS) is 12.6. The van der Waals surface area contributed by atoms with Gasteiger partial charge >= 0.3 is 0 Å². The van der Waals surface area contributed by atoms with Crippen LogP contribution in [0.25, 0.3) is 0 Å². The van der Waals surface area contributed by atoms with E-state index >= 15 is 0 Å². The lowest BCUT2D eigenvalue weighted by Crippen LogP contribution is -2.24. The summed E-state index contributed by atoms with van der Waals surface area (Å²) in [5, 5.41) is 17.2. The van der Waals surface area contributed by atoms with Gasteiger partial charge in [0.15, 0.2) is 0 Å². The molecule has 0 rings (SSSR count). The first-order valence-corrected chi connectivity index (χ1v) is 6.13. The first-order valence-electron chi connectivity index (χ1n) is 6.13. The SMILES string of the molecule is CC(O)CN(C)C.CCN(CC)CCCO. The van der Waals surface area contributed by atoms with E-state index in [-0.39, 0.29) is 6.10 Å². The van der Waals surface area contributed by atoms with Crippen LogP contribution in [0.4, 0.5) is 0 Å². The maximum Gasteiger partial charge on any atom is 0.0638 e. The summed E-state index contributed by atoms with van der Waals surface area (Å²) >= 11 is 0. The van der Waals surface area contributed by atoms with Gasteiger partial charge in [-0.05, 0) is 40.5 Å². The summed E-state index contributed by atoms with van der Waals surface area (Å²) in [6.45, 7) is 10.3. The number of rotatable bonds is 7. The van der Waals surface area contributed by atoms with Crippen molar-refractivity contribution in [3.8, 4) is 0 Å². The lowest BCUT2D eigenvalue weighted by atomic mass is 10.4. The van der Waals surface area contributed by atoms with Gasteiger partial charge in [-0.25, -0.2) is 0 Å². The Morgan fingerprint density at radius 2 is 1.62 bits per heavy atom. The monoisotopic (exact) mass is 234 g/mol. The molecule has 0 heterocycles. The first-order chi connectivity index (χ1) is 7.47. The molecule has 0 aromatic carbocycles. The van der Waals surface area contributed by atoms with Crippen LogP contribution in [0.2, 0.25) is 0 Å². The first kappa shape index (κ1) is 18.2. The Bertz CT molecular complexity index is 120. The molecule has 0 aliphatic heterocycles. The Balaban J connectivity index is 0. The van der Waals surface area contributed by atoms with Gasteiger partial charge in [-0.2, -0.15) is 0 Å². The second-order valence-corrected chi connectivity index (χ2v) is 4.22. The Morgan fingerprint density at radius 1 is 1.12 bits per heavy atom. The summed E-state index contributed by atoms with van der Waals surface area (Å²) < 4.78 is 0. The van der Waals surface area contributed by atoms with E-state index in [9.17, 15) is 0 Å². The lowest BCUT2D eigenvalue weighted by molar-refractivity contribution is 0.154. The van der Waals surface area contributed by atoms with Gasteiger partial charge in [0.05, 0.1) is 6.10 Å². The van der Waals surface area contributed by atoms with Crippen molar-refractivity contribution < 1.29 is 10.2 Å². The van der Waals surface area contributed by atoms with Crippen LogP contribution in [0.15, 0.2) is 0 Å². The minimum Gasteiger partial charge on any atom is -0.396 e. The summed E-state index contributed by atoms with van der Waals surface area (Å²) in [5.74, 6) is 0. The molecule has 0 aliphatic rings. The van der Waals surface area contributed by atoms with Crippen molar-refractivity contribution in [3.05, 3.63) is 0 Å². The van der Waals surface area contributed by atoms with Crippen LogP contribution in [-0.4, -0.2) is 73.0 Å². The van der Waals surface area contributed by atoms with Gasteiger partial charge in [0.2, 0.25) is 0 Å². The van der Waals surface area contributed by atoms with Crippen molar-refractivity contribution in [2.24, 2.45) is 0 Å². The minimum atomic E-state index is -0.199. The number of aliphatic hydroxyl groups excluding tert-OH is 2. The van der Waals surface area contributed by atoms with E-state index in [0.717, 1.165) is 32.6 Å². The van der Waals surface area contributed by atoms with Crippen LogP contribution in [0, 0.1) is 0 Å². The molecule has 4 heteroatoms. The van der Waals surface area contributed by atoms with Gasteiger partial charge in [0.25, 0.3) is 0 Å². The van der Waals surface area contributed by atoms with Crippen molar-refractivity contribution in [2.45, 2.75) is 33.3 Å². The second kappa shape index (κ2) is 12.9. The third kappa shape index (κ3) is 16.3. The summed E-state index contributed by atoms with van der Waals surface area (Å²) in [5.41, 5.74) is 0. The quantitative estimate of drug-likeness (QED) is 0.679. The highest BCUT2D eigenvalue weighted by molar-refractivity contribution is 4.50. The van der Waals surface area contributed by atoms with Gasteiger partial charge in [-0.1, -0.05) is 13.8 Å². The number of likely N-dealkylation sites (N-methyl/N-ethyl adjacent to an activating group) is 1. The summed E-state index contributed by atoms with van der Waals surface area (Å²) in [7, 11) is 3.87. The third-order valence-corrected chi connectivity index (χ3v) is 2.16. The van der Waals surface area contributed by atoms with E-state index in [4.69, 9.17) is 10.2 Å². The molecular formula is C12H30N2O2. The molecule has 0 radical (unpaired) electrons. The van der Waals surface area contributed by atoms with Crippen LogP contribution in [0.3, 0.4) is 0 Å². The molecule has 100 valence electrons. The molecular weight excluding hydrogens is 204 g/mol. The van der Waals surface area contributed by atoms with Crippen molar-refractivity contribution >= 4 is 0 Å². The molecule has 1 atom stereocenters. The highest BCUT2D eigenvalue weighted by Gasteiger charge is 1.95. The van der Waals surface area contributed by atoms with Crippen molar-refractivity contribution in [3.63, 3.8) is 0 Å². The maximum absolute atomic E-state index is 8.68. The van der Waals surface area contributed by atoms with Crippen molar-refractivity contribution in [1.82, 2.24) is 9.80 Å². The molecule has 0 aromatic rings. The fraction of sp³-hybridized carbons (Fsp3) is 1.00. The van der Waals surface area contributed by atoms with Crippen LogP contribution in [0.1, 0.15) is 27.2 Å². The van der Waals surface area contributed by atoms with E-state index in [2.05, 4.69) is 18.7 Å². The lowest BCUT2D eigenvalue weighted by Gasteiger charge is -2.16. The Hall–Kier alpha value is -0.160. The molecule has 0 bridgehead atoms. The van der Waals surface area contributed by atoms with Gasteiger partial charge in [-0.3, -0.25) is 0 Å². The standard InChI is InChI=1S/C7H17NO.C5H13NO/c1-3-8(4-2)6-5-7-9;1-5(7)4-6(2)3/h9H,3-7H2,1-2H3;5,7H,4H2,1-3H3. The van der Waals surface area contributed by atoms with Crippen molar-refractivity contribution in [1.29, 1.82) is 0 Å². The zero-order valence-corrected chi connectivity index (χ0v) is 11.6. The van der Waals surface area contributed by atoms with E-state index in [1.165, 1.54) is 0 Å². The molecule has 0 saturated heterocycles. The fourth-order valence-electron chi connectivity index (χ4n) is 1.36. The summed E-state index contributed by atoms with van der Waals surface area (Å²) in [4.78, 5) is 4.25. The summed E-state index contributed by atoms with van der Waals surface area (Å²) in [6, 6.07) is 0. The maximum atomic E-state index is 8.68. The van der Waals surface area contributed by atoms with E-state index < -0.39 is 0 Å². The molecule has 0 amide bonds. The molecule has 4 nitrogen and oxygen atoms in total. The topological polar surface area (TPSA) is 46.9 Å². The molecule has 16 heavy (non-hydrogen) atoms. The molecule has 0 saturated carbocycles. The van der Waals surface area contributed by atoms with E-state index in [1.807, 2.05) is 19.0 Å². The Labute approximate surface area is 101 Å². The zero-order chi connectivity index (χ0) is 13.0. The minimum absolute atomic E-state index is 0.199. The fourth-order valence-corrected chi connectivity index (χ4v) is 1.36. The Kier molecular flexibility index (Phi) is 14.7. The average Bonchev–Trinajstić information content (AvgIpc) is 2.18.